The van der Waals surface area contributed by atoms with Gasteiger partial charge in [-0.15, -0.1) is 0 Å². The van der Waals surface area contributed by atoms with Crippen LogP contribution < -0.4 is 93.3 Å². The maximum absolute atomic E-state index is 10.2. The maximum atomic E-state index is 10.2. The van der Waals surface area contributed by atoms with Crippen molar-refractivity contribution in [1.82, 2.24) is 84.7 Å². The number of allylic oxidation sites excluding steroid dienone is 2. The molecule has 19 heterocycles. The highest BCUT2D eigenvalue weighted by Crippen LogP contribution is 2.43. The van der Waals surface area contributed by atoms with Crippen molar-refractivity contribution in [1.29, 1.82) is 0 Å². The lowest BCUT2D eigenvalue weighted by atomic mass is 9.99. The molecule has 0 aromatic carbocycles. The van der Waals surface area contributed by atoms with E-state index in [1.54, 1.807) is 88.3 Å². The van der Waals surface area contributed by atoms with E-state index in [0.717, 1.165) is 126 Å². The molecule has 0 radical (unpaired) electrons. The quantitative estimate of drug-likeness (QED) is 0.0442. The van der Waals surface area contributed by atoms with Gasteiger partial charge in [0.15, 0.2) is 40.2 Å². The summed E-state index contributed by atoms with van der Waals surface area (Å²) in [6, 6.07) is 18.8. The van der Waals surface area contributed by atoms with E-state index in [0.29, 0.717) is 198 Å². The minimum atomic E-state index is 0. The van der Waals surface area contributed by atoms with E-state index in [9.17, 15) is 3.89 Å². The van der Waals surface area contributed by atoms with Gasteiger partial charge in [0.05, 0.1) is 5.69 Å². The Bertz CT molecular complexity index is 5690. The second-order valence-electron chi connectivity index (χ2n) is 31.2. The number of nitrogens with one attached hydrogen (secondary N) is 4. The summed E-state index contributed by atoms with van der Waals surface area (Å²) in [6.07, 6.45) is 29.0. The minimum Gasteiger partial charge on any atom is -0.484 e. The molecule has 0 amide bonds. The predicted molar refractivity (Wildman–Crippen MR) is 592 cm³/mol. The average Bonchev–Trinajstić information content (AvgIpc) is 0.841. The van der Waals surface area contributed by atoms with Gasteiger partial charge in [-0.1, -0.05) is 126 Å². The first kappa shape index (κ1) is 124. The molecule has 0 saturated heterocycles. The zero-order valence-corrected chi connectivity index (χ0v) is 92.4. The lowest BCUT2D eigenvalue weighted by Gasteiger charge is -2.22. The van der Waals surface area contributed by atoms with Crippen LogP contribution in [0.15, 0.2) is 165 Å². The molecule has 0 fully saturated rings. The van der Waals surface area contributed by atoms with E-state index in [2.05, 4.69) is 197 Å². The molecule has 0 aliphatic carbocycles. The Morgan fingerprint density at radius 3 is 1.00 bits per heavy atom. The molecule has 145 heavy (non-hydrogen) atoms. The van der Waals surface area contributed by atoms with Gasteiger partial charge in [-0.05, 0) is 127 Å². The fourth-order valence-electron chi connectivity index (χ4n) is 13.1. The third-order valence-electron chi connectivity index (χ3n) is 21.1. The van der Waals surface area contributed by atoms with Gasteiger partial charge in [0, 0.05) is 183 Å². The first-order valence-electron chi connectivity index (χ1n) is 45.9. The third-order valence-corrected chi connectivity index (χ3v) is 22.3. The predicted octanol–water partition coefficient (Wildman–Crippen LogP) is 20.6. The van der Waals surface area contributed by atoms with Gasteiger partial charge in [0.1, 0.15) is 139 Å². The first-order chi connectivity index (χ1) is 68.5. The molecule has 12 aromatic rings. The van der Waals surface area contributed by atoms with E-state index in [1.807, 2.05) is 62.4 Å². The average molecular weight is 2220 g/mol. The van der Waals surface area contributed by atoms with Crippen LogP contribution in [0.3, 0.4) is 0 Å². The van der Waals surface area contributed by atoms with Gasteiger partial charge in [0.25, 0.3) is 41.2 Å². The number of fused-ring (bicyclic) bond motifs is 7. The summed E-state index contributed by atoms with van der Waals surface area (Å²) in [4.78, 5) is 69.2. The van der Waals surface area contributed by atoms with E-state index >= 15 is 0 Å². The van der Waals surface area contributed by atoms with E-state index in [4.69, 9.17) is 107 Å². The number of halogens is 5. The number of hydrogen-bond acceptors (Lipinski definition) is 37. The van der Waals surface area contributed by atoms with Crippen LogP contribution in [0.25, 0.3) is 16.8 Å². The third kappa shape index (κ3) is 39.9. The Labute approximate surface area is 903 Å². The second kappa shape index (κ2) is 67.9. The van der Waals surface area contributed by atoms with Gasteiger partial charge >= 0.3 is 0 Å². The van der Waals surface area contributed by atoms with Crippen molar-refractivity contribution in [3.05, 3.63) is 225 Å². The van der Waals surface area contributed by atoms with Crippen molar-refractivity contribution < 1.29 is 70.2 Å². The lowest BCUT2D eigenvalue weighted by Crippen LogP contribution is -2.19. The molecule has 19 rings (SSSR count). The molecule has 7 aliphatic rings. The van der Waals surface area contributed by atoms with Crippen LogP contribution in [0.4, 0.5) is 27.4 Å². The Hall–Kier alpha value is -11.7. The van der Waals surface area contributed by atoms with E-state index < -0.39 is 0 Å². The van der Waals surface area contributed by atoms with Crippen molar-refractivity contribution >= 4 is 146 Å². The molecule has 0 spiro atoms. The van der Waals surface area contributed by atoms with Crippen LogP contribution in [-0.2, 0) is 0 Å². The number of nitrogens with zero attached hydrogens (tertiary/aromatic N) is 17. The van der Waals surface area contributed by atoms with Crippen LogP contribution in [0, 0.1) is 13.8 Å². The Morgan fingerprint density at radius 1 is 0.386 bits per heavy atom. The summed E-state index contributed by atoms with van der Waals surface area (Å²) in [6.45, 7) is 40.7. The summed E-state index contributed by atoms with van der Waals surface area (Å²) >= 11 is 20.1. The maximum Gasteiger partial charge on any atom is 0.257 e. The molecule has 36 nitrogen and oxygen atoms in total. The van der Waals surface area contributed by atoms with Crippen molar-refractivity contribution in [3.8, 4) is 92.7 Å². The van der Waals surface area contributed by atoms with Gasteiger partial charge < -0.3 is 93.3 Å². The molecule has 46 heteroatoms. The Morgan fingerprint density at radius 2 is 0.676 bits per heavy atom. The number of pyridine rings is 7. The topological polar surface area (TPSA) is 422 Å². The largest absolute Gasteiger partial charge is 0.484 e. The van der Waals surface area contributed by atoms with Crippen LogP contribution >= 0.6 is 117 Å². The molecule has 6 N–H and O–H groups in total. The SMILES string of the molecule is C=C(Br)CC.C=C(CC)c1ccnc2c1OCCO2.CCC(C)c1ccnc2c1OCCO2.CC[C@@H](C)c1ccnc2c1OCCO2.CNc1ncc(-c2cc(NC[C@@H](C)c3ccnc4c3OCCO4)ncn2)cn1.CNc1ncc(C)cn1.CSF.C[C@H](CN)c1ccnc2c1OCCO2.C[C@H](CNc1cc(Cl)ncn1)c1ccnc2c1OCCO2.Cc1ccnc2c1OCCO2.Clc1cc(Cl)ncn1.S.S.S.S. The smallest absolute Gasteiger partial charge is 0.257 e. The number of anilines is 4. The summed E-state index contributed by atoms with van der Waals surface area (Å²) in [7, 11) is 3.57. The second-order valence-corrected chi connectivity index (χ2v) is 33.8. The number of rotatable bonds is 20. The fourth-order valence-corrected chi connectivity index (χ4v) is 13.6. The van der Waals surface area contributed by atoms with Gasteiger partial charge in [0.2, 0.25) is 11.9 Å². The summed E-state index contributed by atoms with van der Waals surface area (Å²) in [5.74, 6) is 14.0. The summed E-state index contributed by atoms with van der Waals surface area (Å²) in [5, 5.41) is 13.5. The molecule has 0 bridgehead atoms. The van der Waals surface area contributed by atoms with Crippen LogP contribution in [-0.4, -0.2) is 217 Å². The number of ether oxygens (including phenoxy) is 14. The zero-order chi connectivity index (χ0) is 101. The fraction of sp³-hybridized carbons (Fsp3) is 0.404. The lowest BCUT2D eigenvalue weighted by molar-refractivity contribution is 0.162. The number of nitrogens with two attached hydrogens (primary N) is 1. The number of aromatic nitrogens is 17. The first-order valence-corrected chi connectivity index (χ1v) is 48.9. The number of hydrogen-bond donors (Lipinski definition) is 5. The molecular formula is C99H131BrCl3FN22O14S5. The highest BCUT2D eigenvalue weighted by molar-refractivity contribution is 9.11. The molecule has 0 saturated carbocycles. The van der Waals surface area contributed by atoms with Gasteiger partial charge in [-0.2, -0.15) is 57.9 Å². The minimum absolute atomic E-state index is 0. The monoisotopic (exact) mass is 2210 g/mol. The molecule has 7 aliphatic heterocycles. The Balaban J connectivity index is 0.000000289. The van der Waals surface area contributed by atoms with E-state index in [-0.39, 0.29) is 83.9 Å². The normalized spacial score (nSPS) is 13.4. The van der Waals surface area contributed by atoms with Crippen LogP contribution in [0.2, 0.25) is 15.5 Å². The summed E-state index contributed by atoms with van der Waals surface area (Å²) < 4.78 is 88.3. The highest BCUT2D eigenvalue weighted by atomic mass is 79.9. The summed E-state index contributed by atoms with van der Waals surface area (Å²) in [5.41, 5.74) is 17.0. The standard InChI is InChI=1S/C19H21N7O2.C14H15ClN4O2.2C11H15NO2.C11H13NO2.C10H14N2O2.C8H9NO2.C6H9N3.C4H7Br.C4H2Cl2N2.CH3FS.4H2S/c1-12(14-3-4-21-18-17(14)27-5-6-28-18)8-22-16-7-15(25-11-26-16)13-9-23-19(20-2)24-10-13;1-9(7-17-12-6-11(15)18-8-19-12)10-2-3-16-14-13(10)20-4-5-21-14;3*1-3-8(2)9-4-5-12-11-10(9)13-6-7-14-11;1-7(6-11)8-2-3-12-10-9(8)13-4-5-14-10;1-6-2-3-9-8-7(6)10-4-5-11-8;1-5-3-8-6(7-2)9-4-5;1-3-4(2)5;5-3-1-4(6)8-2-7-3;1-3-2;;;;/h3-4,7,9-12H,5-6,8H2,1-2H3,(H,20,23,24)(H,22,25,26);2-3,6,8-9H,4-5,7H2,1H3,(H,17,18,19);2*4-5,8H,3,6-7H2,1-2H3;4-5H,2-3,6-7H2,1H3;2-3,7H,4-6,11H2,1H3;2-3H,4-5H2,1H3;3-4H,1-2H3,(H,7,8,9);2-3H2,1H3;1-2H;1H3;4*1H2/t12-;9-;8-;;;7-;;;;;;;;;/m111..1........./s1. The van der Waals surface area contributed by atoms with Crippen LogP contribution in [0.1, 0.15) is 162 Å². The van der Waals surface area contributed by atoms with E-state index in [1.165, 1.54) is 42.4 Å². The van der Waals surface area contributed by atoms with Crippen LogP contribution in [0.5, 0.6) is 81.4 Å². The molecule has 786 valence electrons. The van der Waals surface area contributed by atoms with Crippen molar-refractivity contribution in [2.75, 3.05) is 154 Å². The molecular weight excluding hydrogens is 2090 g/mol. The Kier molecular flexibility index (Phi) is 58.0. The van der Waals surface area contributed by atoms with Crippen molar-refractivity contribution in [2.24, 2.45) is 5.73 Å². The van der Waals surface area contributed by atoms with Crippen molar-refractivity contribution in [2.45, 2.75) is 131 Å². The van der Waals surface area contributed by atoms with Gasteiger partial charge in [-0.25, -0.2) is 84.7 Å². The molecule has 5 atom stereocenters. The number of aryl methyl sites for hydroxylation is 2. The van der Waals surface area contributed by atoms with Crippen molar-refractivity contribution in [3.63, 3.8) is 0 Å². The molecule has 12 aromatic heterocycles. The highest BCUT2D eigenvalue weighted by Gasteiger charge is 2.27. The zero-order valence-electron chi connectivity index (χ0n) is 83.7. The van der Waals surface area contributed by atoms with Gasteiger partial charge in [-0.3, -0.25) is 0 Å². The molecule has 1 unspecified atom stereocenters.